The molecule has 2 fully saturated rings. The molecule has 0 spiro atoms. The largest absolute Gasteiger partial charge is 0.393 e. The summed E-state index contributed by atoms with van der Waals surface area (Å²) in [6.45, 7) is 10.0. The quantitative estimate of drug-likeness (QED) is 0.881. The molecule has 0 radical (unpaired) electrons. The summed E-state index contributed by atoms with van der Waals surface area (Å²) in [7, 11) is 0. The molecule has 0 saturated carbocycles. The van der Waals surface area contributed by atoms with Crippen LogP contribution in [0.4, 0.5) is 11.4 Å². The monoisotopic (exact) mass is 343 g/mol. The Balaban J connectivity index is 1.77. The first kappa shape index (κ1) is 18.0. The molecule has 0 aromatic heterocycles. The number of benzene rings is 1. The van der Waals surface area contributed by atoms with Crippen molar-refractivity contribution in [2.45, 2.75) is 70.3 Å². The summed E-state index contributed by atoms with van der Waals surface area (Å²) in [5.74, 6) is 0. The summed E-state index contributed by atoms with van der Waals surface area (Å²) < 4.78 is 6.15. The van der Waals surface area contributed by atoms with Gasteiger partial charge in [-0.1, -0.05) is 0 Å². The summed E-state index contributed by atoms with van der Waals surface area (Å²) in [6, 6.07) is 8.53. The normalized spacial score (nSPS) is 25.6. The fourth-order valence-corrected chi connectivity index (χ4v) is 4.09. The Kier molecular flexibility index (Phi) is 4.70. The van der Waals surface area contributed by atoms with Crippen LogP contribution in [0.5, 0.6) is 0 Å². The molecule has 2 heterocycles. The molecule has 1 unspecified atom stereocenters. The molecule has 3 rings (SSSR count). The number of nitrogens with one attached hydrogen (secondary N) is 1. The highest BCUT2D eigenvalue weighted by atomic mass is 16.5. The van der Waals surface area contributed by atoms with E-state index in [9.17, 15) is 10.4 Å². The first-order chi connectivity index (χ1) is 11.7. The number of rotatable bonds is 3. The number of hydrogen-bond donors (Lipinski definition) is 2. The minimum absolute atomic E-state index is 0.145. The van der Waals surface area contributed by atoms with Crippen LogP contribution in [0.1, 0.15) is 52.5 Å². The van der Waals surface area contributed by atoms with Crippen molar-refractivity contribution >= 4 is 11.4 Å². The van der Waals surface area contributed by atoms with Gasteiger partial charge in [0.1, 0.15) is 6.07 Å². The van der Waals surface area contributed by atoms with Gasteiger partial charge in [-0.05, 0) is 65.2 Å². The lowest BCUT2D eigenvalue weighted by Gasteiger charge is -2.32. The zero-order valence-corrected chi connectivity index (χ0v) is 15.7. The van der Waals surface area contributed by atoms with Crippen LogP contribution in [0.25, 0.3) is 0 Å². The maximum absolute atomic E-state index is 9.68. The molecule has 2 aliphatic heterocycles. The van der Waals surface area contributed by atoms with E-state index in [0.717, 1.165) is 43.7 Å². The molecular formula is C20H29N3O2. The number of piperidine rings is 1. The lowest BCUT2D eigenvalue weighted by molar-refractivity contribution is -0.0662. The second kappa shape index (κ2) is 6.51. The fourth-order valence-electron chi connectivity index (χ4n) is 4.09. The van der Waals surface area contributed by atoms with Crippen molar-refractivity contribution in [2.75, 3.05) is 23.3 Å². The fraction of sp³-hybridized carbons (Fsp3) is 0.650. The van der Waals surface area contributed by atoms with E-state index in [-0.39, 0.29) is 23.3 Å². The summed E-state index contributed by atoms with van der Waals surface area (Å²) >= 11 is 0. The Labute approximate surface area is 150 Å². The van der Waals surface area contributed by atoms with Gasteiger partial charge in [0.2, 0.25) is 0 Å². The number of anilines is 2. The third kappa shape index (κ3) is 3.91. The molecule has 0 amide bonds. The van der Waals surface area contributed by atoms with Crippen LogP contribution < -0.4 is 10.2 Å². The molecule has 5 nitrogen and oxygen atoms in total. The minimum atomic E-state index is -0.252. The van der Waals surface area contributed by atoms with Crippen LogP contribution in [0.15, 0.2) is 18.2 Å². The smallest absolute Gasteiger partial charge is 0.101 e. The Hall–Kier alpha value is -1.77. The second-order valence-electron chi connectivity index (χ2n) is 8.43. The maximum atomic E-state index is 9.68. The molecule has 25 heavy (non-hydrogen) atoms. The third-order valence-corrected chi connectivity index (χ3v) is 5.34. The van der Waals surface area contributed by atoms with Crippen LogP contribution in [0.2, 0.25) is 0 Å². The summed E-state index contributed by atoms with van der Waals surface area (Å²) in [5, 5.41) is 22.8. The Morgan fingerprint density at radius 2 is 1.92 bits per heavy atom. The molecule has 1 atom stereocenters. The minimum Gasteiger partial charge on any atom is -0.393 e. The van der Waals surface area contributed by atoms with Crippen molar-refractivity contribution in [2.24, 2.45) is 0 Å². The summed E-state index contributed by atoms with van der Waals surface area (Å²) in [4.78, 5) is 2.20. The lowest BCUT2D eigenvalue weighted by Crippen LogP contribution is -2.38. The summed E-state index contributed by atoms with van der Waals surface area (Å²) in [6.07, 6.45) is 2.23. The number of ether oxygens (including phenoxy) is 1. The Bertz CT molecular complexity index is 670. The molecule has 1 aromatic rings. The zero-order chi connectivity index (χ0) is 18.2. The SMILES string of the molecule is CC1(C)CC(Nc2ccc(N3CCC(O)CC3)c(C#N)c2)C(C)(C)O1. The Morgan fingerprint density at radius 3 is 2.48 bits per heavy atom. The predicted molar refractivity (Wildman–Crippen MR) is 99.9 cm³/mol. The van der Waals surface area contributed by atoms with E-state index in [1.165, 1.54) is 0 Å². The predicted octanol–water partition coefficient (Wildman–Crippen LogP) is 3.28. The third-order valence-electron chi connectivity index (χ3n) is 5.34. The van der Waals surface area contributed by atoms with Crippen molar-refractivity contribution in [1.82, 2.24) is 0 Å². The molecule has 2 saturated heterocycles. The second-order valence-corrected chi connectivity index (χ2v) is 8.43. The molecular weight excluding hydrogens is 314 g/mol. The van der Waals surface area contributed by atoms with Crippen molar-refractivity contribution < 1.29 is 9.84 Å². The van der Waals surface area contributed by atoms with Gasteiger partial charge in [-0.25, -0.2) is 0 Å². The molecule has 1 aromatic carbocycles. The molecule has 2 aliphatic rings. The molecule has 136 valence electrons. The number of hydrogen-bond acceptors (Lipinski definition) is 5. The summed E-state index contributed by atoms with van der Waals surface area (Å²) in [5.41, 5.74) is 2.20. The average Bonchev–Trinajstić information content (AvgIpc) is 2.75. The number of nitrogens with zero attached hydrogens (tertiary/aromatic N) is 2. The van der Waals surface area contributed by atoms with Crippen molar-refractivity contribution in [3.05, 3.63) is 23.8 Å². The van der Waals surface area contributed by atoms with Gasteiger partial charge < -0.3 is 20.1 Å². The highest BCUT2D eigenvalue weighted by Gasteiger charge is 2.45. The number of nitriles is 1. The molecule has 0 aliphatic carbocycles. The van der Waals surface area contributed by atoms with Crippen LogP contribution in [0.3, 0.4) is 0 Å². The van der Waals surface area contributed by atoms with E-state index in [2.05, 4.69) is 44.0 Å². The highest BCUT2D eigenvalue weighted by molar-refractivity contribution is 5.66. The van der Waals surface area contributed by atoms with E-state index >= 15 is 0 Å². The van der Waals surface area contributed by atoms with Crippen LogP contribution in [-0.4, -0.2) is 41.5 Å². The van der Waals surface area contributed by atoms with Gasteiger partial charge in [-0.3, -0.25) is 0 Å². The van der Waals surface area contributed by atoms with Crippen LogP contribution >= 0.6 is 0 Å². The van der Waals surface area contributed by atoms with Crippen molar-refractivity contribution in [3.63, 3.8) is 0 Å². The molecule has 0 bridgehead atoms. The van der Waals surface area contributed by atoms with Crippen molar-refractivity contribution in [1.29, 1.82) is 5.26 Å². The lowest BCUT2D eigenvalue weighted by atomic mass is 9.94. The van der Waals surface area contributed by atoms with Crippen LogP contribution in [-0.2, 0) is 4.74 Å². The van der Waals surface area contributed by atoms with Gasteiger partial charge in [0.15, 0.2) is 0 Å². The molecule has 5 heteroatoms. The van der Waals surface area contributed by atoms with Gasteiger partial charge >= 0.3 is 0 Å². The first-order valence-corrected chi connectivity index (χ1v) is 9.14. The van der Waals surface area contributed by atoms with E-state index < -0.39 is 0 Å². The van der Waals surface area contributed by atoms with E-state index in [1.807, 2.05) is 18.2 Å². The van der Waals surface area contributed by atoms with Gasteiger partial charge in [-0.2, -0.15) is 5.26 Å². The molecule has 2 N–H and O–H groups in total. The van der Waals surface area contributed by atoms with Gasteiger partial charge in [0.05, 0.1) is 34.6 Å². The highest BCUT2D eigenvalue weighted by Crippen LogP contribution is 2.39. The topological polar surface area (TPSA) is 68.5 Å². The first-order valence-electron chi connectivity index (χ1n) is 9.14. The zero-order valence-electron chi connectivity index (χ0n) is 15.7. The van der Waals surface area contributed by atoms with Gasteiger partial charge in [0, 0.05) is 18.8 Å². The Morgan fingerprint density at radius 1 is 1.24 bits per heavy atom. The number of aliphatic hydroxyl groups is 1. The van der Waals surface area contributed by atoms with E-state index in [1.54, 1.807) is 0 Å². The average molecular weight is 343 g/mol. The van der Waals surface area contributed by atoms with Gasteiger partial charge in [-0.15, -0.1) is 0 Å². The number of aliphatic hydroxyl groups excluding tert-OH is 1. The maximum Gasteiger partial charge on any atom is 0.101 e. The standard InChI is InChI=1S/C20H29N3O2/c1-19(2)12-18(20(3,4)25-19)22-15-5-6-17(14(11-15)13-21)23-9-7-16(24)8-10-23/h5-6,11,16,18,22,24H,7-10,12H2,1-4H3. The van der Waals surface area contributed by atoms with E-state index in [4.69, 9.17) is 4.74 Å². The van der Waals surface area contributed by atoms with Crippen LogP contribution in [0, 0.1) is 11.3 Å². The van der Waals surface area contributed by atoms with E-state index in [0.29, 0.717) is 5.56 Å². The van der Waals surface area contributed by atoms with Gasteiger partial charge in [0.25, 0.3) is 0 Å². The van der Waals surface area contributed by atoms with Crippen molar-refractivity contribution in [3.8, 4) is 6.07 Å².